The maximum atomic E-state index is 14.2. The zero-order valence-corrected chi connectivity index (χ0v) is 13.9. The number of aryl methyl sites for hydroxylation is 1. The number of piperidine rings is 1. The molecular formula is C16H16ClFN6. The van der Waals surface area contributed by atoms with Crippen LogP contribution in [0.4, 0.5) is 10.3 Å². The first-order valence-corrected chi connectivity index (χ1v) is 8.21. The summed E-state index contributed by atoms with van der Waals surface area (Å²) in [6.07, 6.45) is 8.22. The van der Waals surface area contributed by atoms with Crippen molar-refractivity contribution >= 4 is 28.6 Å². The van der Waals surface area contributed by atoms with Gasteiger partial charge in [-0.3, -0.25) is 0 Å². The number of rotatable bonds is 2. The minimum Gasteiger partial charge on any atom is -0.341 e. The SMILES string of the molecule is Cc1cnc(N2CCC(n3cc(F)c4c(Cl)ncnc43)CC2)nc1. The van der Waals surface area contributed by atoms with E-state index >= 15 is 0 Å². The molecule has 0 atom stereocenters. The molecule has 6 nitrogen and oxygen atoms in total. The van der Waals surface area contributed by atoms with Crippen molar-refractivity contribution in [2.45, 2.75) is 25.8 Å². The summed E-state index contributed by atoms with van der Waals surface area (Å²) in [7, 11) is 0. The fourth-order valence-electron chi connectivity index (χ4n) is 3.18. The molecule has 0 radical (unpaired) electrons. The van der Waals surface area contributed by atoms with Crippen molar-refractivity contribution in [3.05, 3.63) is 41.5 Å². The molecule has 1 fully saturated rings. The summed E-state index contributed by atoms with van der Waals surface area (Å²) < 4.78 is 16.1. The van der Waals surface area contributed by atoms with Gasteiger partial charge in [0.05, 0.1) is 5.39 Å². The van der Waals surface area contributed by atoms with E-state index in [2.05, 4.69) is 24.8 Å². The quantitative estimate of drug-likeness (QED) is 0.667. The maximum absolute atomic E-state index is 14.2. The third-order valence-corrected chi connectivity index (χ3v) is 4.71. The highest BCUT2D eigenvalue weighted by Crippen LogP contribution is 2.31. The lowest BCUT2D eigenvalue weighted by Gasteiger charge is -2.32. The van der Waals surface area contributed by atoms with Crippen LogP contribution in [0.2, 0.25) is 5.15 Å². The van der Waals surface area contributed by atoms with Crippen LogP contribution in [0.15, 0.2) is 24.9 Å². The predicted octanol–water partition coefficient (Wildman–Crippen LogP) is 3.16. The number of hydrogen-bond acceptors (Lipinski definition) is 5. The van der Waals surface area contributed by atoms with E-state index in [0.29, 0.717) is 11.0 Å². The lowest BCUT2D eigenvalue weighted by atomic mass is 10.1. The Morgan fingerprint density at radius 3 is 2.54 bits per heavy atom. The van der Waals surface area contributed by atoms with Crippen molar-refractivity contribution in [2.24, 2.45) is 0 Å². The number of anilines is 1. The van der Waals surface area contributed by atoms with Crippen LogP contribution in [-0.2, 0) is 0 Å². The molecule has 0 amide bonds. The molecular weight excluding hydrogens is 331 g/mol. The van der Waals surface area contributed by atoms with Crippen LogP contribution < -0.4 is 4.90 Å². The Hall–Kier alpha value is -2.28. The third kappa shape index (κ3) is 2.58. The zero-order chi connectivity index (χ0) is 16.7. The zero-order valence-electron chi connectivity index (χ0n) is 13.2. The Bertz CT molecular complexity index is 870. The topological polar surface area (TPSA) is 59.7 Å². The Morgan fingerprint density at radius 1 is 1.12 bits per heavy atom. The smallest absolute Gasteiger partial charge is 0.225 e. The molecule has 0 bridgehead atoms. The predicted molar refractivity (Wildman–Crippen MR) is 89.7 cm³/mol. The summed E-state index contributed by atoms with van der Waals surface area (Å²) in [5, 5.41) is 0.449. The summed E-state index contributed by atoms with van der Waals surface area (Å²) in [6.45, 7) is 3.59. The van der Waals surface area contributed by atoms with E-state index < -0.39 is 0 Å². The minimum absolute atomic E-state index is 0.154. The van der Waals surface area contributed by atoms with Crippen LogP contribution in [0.5, 0.6) is 0 Å². The molecule has 0 aromatic carbocycles. The lowest BCUT2D eigenvalue weighted by molar-refractivity contribution is 0.398. The van der Waals surface area contributed by atoms with Gasteiger partial charge in [0.15, 0.2) is 5.82 Å². The Labute approximate surface area is 143 Å². The van der Waals surface area contributed by atoms with Crippen LogP contribution in [-0.4, -0.2) is 37.6 Å². The first-order chi connectivity index (χ1) is 11.6. The van der Waals surface area contributed by atoms with E-state index in [1.165, 1.54) is 12.5 Å². The lowest BCUT2D eigenvalue weighted by Crippen LogP contribution is -2.35. The molecule has 1 saturated heterocycles. The van der Waals surface area contributed by atoms with Gasteiger partial charge < -0.3 is 9.47 Å². The Balaban J connectivity index is 1.56. The van der Waals surface area contributed by atoms with Crippen LogP contribution in [0.1, 0.15) is 24.4 Å². The molecule has 3 aromatic rings. The van der Waals surface area contributed by atoms with Gasteiger partial charge in [0.2, 0.25) is 5.95 Å². The van der Waals surface area contributed by atoms with Crippen LogP contribution in [0.3, 0.4) is 0 Å². The monoisotopic (exact) mass is 346 g/mol. The van der Waals surface area contributed by atoms with Gasteiger partial charge in [-0.1, -0.05) is 11.6 Å². The Kier molecular flexibility index (Phi) is 3.80. The van der Waals surface area contributed by atoms with Crippen LogP contribution >= 0.6 is 11.6 Å². The van der Waals surface area contributed by atoms with E-state index in [0.717, 1.165) is 37.4 Å². The van der Waals surface area contributed by atoms with Crippen LogP contribution in [0, 0.1) is 12.7 Å². The van der Waals surface area contributed by atoms with Gasteiger partial charge in [-0.05, 0) is 25.3 Å². The van der Waals surface area contributed by atoms with Crippen molar-refractivity contribution in [1.82, 2.24) is 24.5 Å². The second-order valence-corrected chi connectivity index (χ2v) is 6.38. The standard InChI is InChI=1S/C16H16ClFN6/c1-10-6-19-16(20-7-10)23-4-2-11(3-5-23)24-8-12(18)13-14(17)21-9-22-15(13)24/h6-9,11H,2-5H2,1H3. The molecule has 1 aliphatic rings. The summed E-state index contributed by atoms with van der Waals surface area (Å²) in [5.41, 5.74) is 1.59. The van der Waals surface area contributed by atoms with Crippen molar-refractivity contribution in [2.75, 3.05) is 18.0 Å². The Morgan fingerprint density at radius 2 is 1.83 bits per heavy atom. The van der Waals surface area contributed by atoms with Gasteiger partial charge in [-0.15, -0.1) is 0 Å². The van der Waals surface area contributed by atoms with E-state index in [1.807, 2.05) is 23.9 Å². The molecule has 0 aliphatic carbocycles. The normalized spacial score (nSPS) is 16.0. The van der Waals surface area contributed by atoms with E-state index in [4.69, 9.17) is 11.6 Å². The first-order valence-electron chi connectivity index (χ1n) is 7.83. The highest BCUT2D eigenvalue weighted by atomic mass is 35.5. The molecule has 124 valence electrons. The van der Waals surface area contributed by atoms with Gasteiger partial charge in [0.25, 0.3) is 0 Å². The van der Waals surface area contributed by atoms with Crippen LogP contribution in [0.25, 0.3) is 11.0 Å². The van der Waals surface area contributed by atoms with Crippen molar-refractivity contribution in [3.63, 3.8) is 0 Å². The van der Waals surface area contributed by atoms with Crippen molar-refractivity contribution in [3.8, 4) is 0 Å². The molecule has 8 heteroatoms. The molecule has 0 spiro atoms. The van der Waals surface area contributed by atoms with Gasteiger partial charge in [0.1, 0.15) is 17.1 Å². The summed E-state index contributed by atoms with van der Waals surface area (Å²) >= 11 is 6.00. The van der Waals surface area contributed by atoms with Crippen molar-refractivity contribution < 1.29 is 4.39 Å². The second-order valence-electron chi connectivity index (χ2n) is 6.03. The fourth-order valence-corrected chi connectivity index (χ4v) is 3.39. The second kappa shape index (κ2) is 5.98. The van der Waals surface area contributed by atoms with E-state index in [-0.39, 0.29) is 17.0 Å². The van der Waals surface area contributed by atoms with E-state index in [1.54, 1.807) is 0 Å². The van der Waals surface area contributed by atoms with E-state index in [9.17, 15) is 4.39 Å². The minimum atomic E-state index is -0.375. The summed E-state index contributed by atoms with van der Waals surface area (Å²) in [5.74, 6) is 0.368. The average molecular weight is 347 g/mol. The summed E-state index contributed by atoms with van der Waals surface area (Å²) in [4.78, 5) is 19.0. The van der Waals surface area contributed by atoms with Gasteiger partial charge >= 0.3 is 0 Å². The molecule has 3 aromatic heterocycles. The molecule has 4 rings (SSSR count). The fraction of sp³-hybridized carbons (Fsp3) is 0.375. The molecule has 1 aliphatic heterocycles. The third-order valence-electron chi connectivity index (χ3n) is 4.42. The van der Waals surface area contributed by atoms with Gasteiger partial charge in [-0.25, -0.2) is 24.3 Å². The molecule has 4 heterocycles. The highest BCUT2D eigenvalue weighted by Gasteiger charge is 2.25. The molecule has 0 N–H and O–H groups in total. The first kappa shape index (κ1) is 15.3. The van der Waals surface area contributed by atoms with Crippen molar-refractivity contribution in [1.29, 1.82) is 0 Å². The number of nitrogens with zero attached hydrogens (tertiary/aromatic N) is 6. The average Bonchev–Trinajstić information content (AvgIpc) is 2.94. The molecule has 0 unspecified atom stereocenters. The number of aromatic nitrogens is 5. The number of fused-ring (bicyclic) bond motifs is 1. The summed E-state index contributed by atoms with van der Waals surface area (Å²) in [6, 6.07) is 0.171. The maximum Gasteiger partial charge on any atom is 0.225 e. The largest absolute Gasteiger partial charge is 0.341 e. The molecule has 0 saturated carbocycles. The molecule has 24 heavy (non-hydrogen) atoms. The number of hydrogen-bond donors (Lipinski definition) is 0. The highest BCUT2D eigenvalue weighted by molar-refractivity contribution is 6.34. The van der Waals surface area contributed by atoms with Gasteiger partial charge in [-0.2, -0.15) is 0 Å². The van der Waals surface area contributed by atoms with Gasteiger partial charge in [0, 0.05) is 37.7 Å². The number of halogens is 2.